The number of pyridine rings is 1. The summed E-state index contributed by atoms with van der Waals surface area (Å²) in [5.41, 5.74) is 2.39. The van der Waals surface area contributed by atoms with Gasteiger partial charge in [0.2, 0.25) is 0 Å². The molecule has 2 nitrogen and oxygen atoms in total. The molecule has 1 fully saturated rings. The number of fused-ring (bicyclic) bond motifs is 1. The molecule has 88 valence electrons. The number of anilines is 1. The summed E-state index contributed by atoms with van der Waals surface area (Å²) in [7, 11) is 0. The Morgan fingerprint density at radius 3 is 2.59 bits per heavy atom. The lowest BCUT2D eigenvalue weighted by Gasteiger charge is -2.22. The van der Waals surface area contributed by atoms with Crippen LogP contribution in [0.5, 0.6) is 0 Å². The quantitative estimate of drug-likeness (QED) is 0.782. The van der Waals surface area contributed by atoms with Crippen molar-refractivity contribution in [1.29, 1.82) is 0 Å². The molecule has 0 amide bonds. The normalized spacial score (nSPS) is 17.1. The van der Waals surface area contributed by atoms with Gasteiger partial charge in [0.1, 0.15) is 0 Å². The lowest BCUT2D eigenvalue weighted by Crippen LogP contribution is -2.21. The molecule has 0 N–H and O–H groups in total. The van der Waals surface area contributed by atoms with Crippen molar-refractivity contribution in [1.82, 2.24) is 4.98 Å². The predicted octanol–water partition coefficient (Wildman–Crippen LogP) is 3.44. The van der Waals surface area contributed by atoms with Crippen LogP contribution in [0.2, 0.25) is 0 Å². The second kappa shape index (κ2) is 5.19. The Kier molecular flexibility index (Phi) is 3.43. The lowest BCUT2D eigenvalue weighted by molar-refractivity contribution is 1.07. The molecule has 1 saturated heterocycles. The van der Waals surface area contributed by atoms with E-state index >= 15 is 0 Å². The van der Waals surface area contributed by atoms with Crippen LogP contribution < -0.4 is 4.90 Å². The van der Waals surface area contributed by atoms with Crippen LogP contribution in [0.15, 0.2) is 36.5 Å². The van der Waals surface area contributed by atoms with Gasteiger partial charge in [-0.05, 0) is 12.1 Å². The Hall–Kier alpha value is -0.870. The van der Waals surface area contributed by atoms with Crippen molar-refractivity contribution in [2.24, 2.45) is 0 Å². The molecule has 2 aromatic rings. The zero-order valence-corrected chi connectivity index (χ0v) is 11.1. The molecule has 0 radical (unpaired) electrons. The first-order valence-corrected chi connectivity index (χ1v) is 8.00. The van der Waals surface area contributed by atoms with Crippen LogP contribution >= 0.6 is 23.5 Å². The number of benzene rings is 1. The molecule has 0 spiro atoms. The van der Waals surface area contributed by atoms with Gasteiger partial charge in [-0.3, -0.25) is 4.98 Å². The molecular formula is C13H14N2S2. The Bertz CT molecular complexity index is 502. The Morgan fingerprint density at radius 2 is 1.76 bits per heavy atom. The summed E-state index contributed by atoms with van der Waals surface area (Å²) in [5.74, 6) is 4.64. The molecule has 0 atom stereocenters. The third-order valence-electron chi connectivity index (χ3n) is 2.82. The van der Waals surface area contributed by atoms with Gasteiger partial charge in [0, 0.05) is 23.1 Å². The summed E-state index contributed by atoms with van der Waals surface area (Å²) in [5, 5.41) is 1.23. The molecule has 0 bridgehead atoms. The van der Waals surface area contributed by atoms with Crippen LogP contribution in [-0.4, -0.2) is 28.2 Å². The number of nitrogens with zero attached hydrogens (tertiary/aromatic N) is 2. The molecule has 4 heteroatoms. The van der Waals surface area contributed by atoms with E-state index in [-0.39, 0.29) is 0 Å². The van der Waals surface area contributed by atoms with Gasteiger partial charge in [0.15, 0.2) is 0 Å². The van der Waals surface area contributed by atoms with Crippen molar-refractivity contribution in [3.8, 4) is 0 Å². The molecule has 17 heavy (non-hydrogen) atoms. The lowest BCUT2D eigenvalue weighted by atomic mass is 10.2. The zero-order chi connectivity index (χ0) is 11.5. The topological polar surface area (TPSA) is 16.1 Å². The largest absolute Gasteiger partial charge is 0.351 e. The van der Waals surface area contributed by atoms with E-state index in [0.29, 0.717) is 0 Å². The average molecular weight is 262 g/mol. The van der Waals surface area contributed by atoms with Gasteiger partial charge < -0.3 is 4.90 Å². The van der Waals surface area contributed by atoms with E-state index < -0.39 is 0 Å². The standard InChI is InChI=1S/C13H14N2S2/c1-3-11-4-2-6-14-13(11)12(5-1)15-9-16-7-8-17-10-15/h1-6H,7-10H2. The first kappa shape index (κ1) is 11.2. The molecule has 2 heterocycles. The van der Waals surface area contributed by atoms with E-state index in [1.807, 2.05) is 35.8 Å². The van der Waals surface area contributed by atoms with Crippen molar-refractivity contribution in [2.45, 2.75) is 0 Å². The van der Waals surface area contributed by atoms with E-state index in [9.17, 15) is 0 Å². The maximum atomic E-state index is 4.53. The second-order valence-electron chi connectivity index (χ2n) is 3.97. The van der Waals surface area contributed by atoms with E-state index in [1.165, 1.54) is 22.6 Å². The number of rotatable bonds is 1. The van der Waals surface area contributed by atoms with Crippen molar-refractivity contribution in [3.63, 3.8) is 0 Å². The van der Waals surface area contributed by atoms with Crippen LogP contribution in [0.25, 0.3) is 10.9 Å². The van der Waals surface area contributed by atoms with Gasteiger partial charge >= 0.3 is 0 Å². The summed E-state index contributed by atoms with van der Waals surface area (Å²) in [6.45, 7) is 0. The minimum absolute atomic E-state index is 1.07. The van der Waals surface area contributed by atoms with Crippen molar-refractivity contribution >= 4 is 40.1 Å². The van der Waals surface area contributed by atoms with Crippen molar-refractivity contribution < 1.29 is 0 Å². The highest BCUT2D eigenvalue weighted by Gasteiger charge is 2.13. The Labute approximate surface area is 110 Å². The number of aromatic nitrogens is 1. The summed E-state index contributed by atoms with van der Waals surface area (Å²) >= 11 is 4.01. The summed E-state index contributed by atoms with van der Waals surface area (Å²) in [4.78, 5) is 6.96. The number of hydrogen-bond acceptors (Lipinski definition) is 4. The minimum atomic E-state index is 1.07. The fourth-order valence-corrected chi connectivity index (χ4v) is 4.21. The highest BCUT2D eigenvalue weighted by Crippen LogP contribution is 2.29. The van der Waals surface area contributed by atoms with E-state index in [1.54, 1.807) is 0 Å². The average Bonchev–Trinajstić information content (AvgIpc) is 2.67. The maximum absolute atomic E-state index is 4.53. The Balaban J connectivity index is 2.03. The molecule has 0 saturated carbocycles. The number of thioether (sulfide) groups is 2. The predicted molar refractivity (Wildman–Crippen MR) is 78.9 cm³/mol. The van der Waals surface area contributed by atoms with E-state index in [2.05, 4.69) is 34.1 Å². The molecule has 1 aromatic carbocycles. The zero-order valence-electron chi connectivity index (χ0n) is 9.50. The molecule has 1 aliphatic rings. The molecule has 1 aliphatic heterocycles. The molecule has 1 aromatic heterocycles. The van der Waals surface area contributed by atoms with Crippen molar-refractivity contribution in [3.05, 3.63) is 36.5 Å². The number of para-hydroxylation sites is 1. The van der Waals surface area contributed by atoms with Crippen LogP contribution in [0.3, 0.4) is 0 Å². The van der Waals surface area contributed by atoms with Crippen LogP contribution in [-0.2, 0) is 0 Å². The molecule has 3 rings (SSSR count). The first-order valence-electron chi connectivity index (χ1n) is 5.69. The van der Waals surface area contributed by atoms with Crippen LogP contribution in [0, 0.1) is 0 Å². The van der Waals surface area contributed by atoms with Gasteiger partial charge in [-0.15, -0.1) is 23.5 Å². The van der Waals surface area contributed by atoms with Crippen molar-refractivity contribution in [2.75, 3.05) is 28.2 Å². The first-order chi connectivity index (χ1) is 8.45. The maximum Gasteiger partial charge on any atom is 0.0935 e. The SMILES string of the molecule is c1cnc2c(N3CSCCSC3)cccc2c1. The highest BCUT2D eigenvalue weighted by atomic mass is 32.2. The van der Waals surface area contributed by atoms with E-state index in [0.717, 1.165) is 17.3 Å². The Morgan fingerprint density at radius 1 is 1.00 bits per heavy atom. The third kappa shape index (κ3) is 2.38. The molecule has 0 aliphatic carbocycles. The van der Waals surface area contributed by atoms with Gasteiger partial charge in [0.25, 0.3) is 0 Å². The minimum Gasteiger partial charge on any atom is -0.351 e. The molecular weight excluding hydrogens is 248 g/mol. The highest BCUT2D eigenvalue weighted by molar-refractivity contribution is 8.03. The van der Waals surface area contributed by atoms with Crippen LogP contribution in [0.4, 0.5) is 5.69 Å². The van der Waals surface area contributed by atoms with Gasteiger partial charge in [0.05, 0.1) is 23.0 Å². The van der Waals surface area contributed by atoms with Gasteiger partial charge in [-0.25, -0.2) is 0 Å². The van der Waals surface area contributed by atoms with Gasteiger partial charge in [-0.1, -0.05) is 18.2 Å². The third-order valence-corrected chi connectivity index (χ3v) is 5.05. The summed E-state index contributed by atoms with van der Waals surface area (Å²) in [6.07, 6.45) is 1.88. The monoisotopic (exact) mass is 262 g/mol. The number of hydrogen-bond donors (Lipinski definition) is 0. The fourth-order valence-electron chi connectivity index (χ4n) is 1.99. The molecule has 0 unspecified atom stereocenters. The summed E-state index contributed by atoms with van der Waals surface area (Å²) < 4.78 is 0. The second-order valence-corrected chi connectivity index (χ2v) is 6.12. The van der Waals surface area contributed by atoms with Crippen LogP contribution in [0.1, 0.15) is 0 Å². The summed E-state index contributed by atoms with van der Waals surface area (Å²) in [6, 6.07) is 10.6. The van der Waals surface area contributed by atoms with E-state index in [4.69, 9.17) is 0 Å². The van der Waals surface area contributed by atoms with Gasteiger partial charge in [-0.2, -0.15) is 0 Å². The smallest absolute Gasteiger partial charge is 0.0935 e. The fraction of sp³-hybridized carbons (Fsp3) is 0.308.